The number of carbonyl (C=O) groups excluding carboxylic acids is 1. The van der Waals surface area contributed by atoms with Gasteiger partial charge in [0.05, 0.1) is 19.7 Å². The number of nitrogens with zero attached hydrogens (tertiary/aromatic N) is 4. The van der Waals surface area contributed by atoms with Crippen molar-refractivity contribution in [2.45, 2.75) is 24.9 Å². The third kappa shape index (κ3) is 3.38. The van der Waals surface area contributed by atoms with Crippen molar-refractivity contribution < 1.29 is 22.6 Å². The number of likely N-dealkylation sites (tertiary alicyclic amines) is 1. The van der Waals surface area contributed by atoms with E-state index < -0.39 is 11.7 Å². The first-order chi connectivity index (χ1) is 12.6. The zero-order chi connectivity index (χ0) is 19.4. The van der Waals surface area contributed by atoms with Crippen LogP contribution in [0.2, 0.25) is 0 Å². The Morgan fingerprint density at radius 3 is 2.33 bits per heavy atom. The van der Waals surface area contributed by atoms with Gasteiger partial charge in [0.25, 0.3) is 11.7 Å². The summed E-state index contributed by atoms with van der Waals surface area (Å²) in [7, 11) is 3.65. The Morgan fingerprint density at radius 1 is 1.15 bits per heavy atom. The number of hydrogen-bond donors (Lipinski definition) is 0. The number of fused-ring (bicyclic) bond motifs is 1. The SMILES string of the molecule is C[N+]1(C)C=NC(C(=O)N2C[C@H]3CC(c4ccccc4C(F)(F)F)C[C@H]3C2)=N1. The number of halogens is 3. The summed E-state index contributed by atoms with van der Waals surface area (Å²) in [5.74, 6) is 0.380. The number of alkyl halides is 3. The first-order valence-corrected chi connectivity index (χ1v) is 9.08. The quantitative estimate of drug-likeness (QED) is 0.729. The van der Waals surface area contributed by atoms with Crippen LogP contribution in [-0.4, -0.2) is 54.8 Å². The number of benzene rings is 1. The molecule has 27 heavy (non-hydrogen) atoms. The van der Waals surface area contributed by atoms with Crippen LogP contribution >= 0.6 is 0 Å². The first-order valence-electron chi connectivity index (χ1n) is 9.08. The summed E-state index contributed by atoms with van der Waals surface area (Å²) in [5.41, 5.74) is -0.140. The van der Waals surface area contributed by atoms with Crippen molar-refractivity contribution in [1.82, 2.24) is 4.90 Å². The summed E-state index contributed by atoms with van der Waals surface area (Å²) in [6.45, 7) is 1.13. The highest BCUT2D eigenvalue weighted by atomic mass is 19.4. The van der Waals surface area contributed by atoms with Crippen molar-refractivity contribution in [1.29, 1.82) is 0 Å². The Kier molecular flexibility index (Phi) is 4.14. The smallest absolute Gasteiger partial charge is 0.335 e. The maximum atomic E-state index is 13.3. The van der Waals surface area contributed by atoms with E-state index in [1.54, 1.807) is 23.4 Å². The zero-order valence-corrected chi connectivity index (χ0v) is 15.3. The summed E-state index contributed by atoms with van der Waals surface area (Å²) < 4.78 is 40.1. The highest BCUT2D eigenvalue weighted by Crippen LogP contribution is 2.48. The third-order valence-electron chi connectivity index (χ3n) is 5.75. The molecule has 1 amide bonds. The van der Waals surface area contributed by atoms with Crippen molar-refractivity contribution in [3.05, 3.63) is 35.4 Å². The lowest BCUT2D eigenvalue weighted by molar-refractivity contribution is -0.796. The van der Waals surface area contributed by atoms with Crippen LogP contribution in [0.15, 0.2) is 34.4 Å². The molecule has 2 aliphatic heterocycles. The van der Waals surface area contributed by atoms with Crippen LogP contribution in [0.3, 0.4) is 0 Å². The van der Waals surface area contributed by atoms with E-state index in [1.807, 2.05) is 14.1 Å². The van der Waals surface area contributed by atoms with Gasteiger partial charge < -0.3 is 4.90 Å². The van der Waals surface area contributed by atoms with E-state index in [1.165, 1.54) is 6.07 Å². The number of quaternary nitrogens is 1. The molecule has 0 bridgehead atoms. The summed E-state index contributed by atoms with van der Waals surface area (Å²) in [6.07, 6.45) is -1.37. The van der Waals surface area contributed by atoms with E-state index in [4.69, 9.17) is 0 Å². The van der Waals surface area contributed by atoms with E-state index in [2.05, 4.69) is 10.1 Å². The maximum absolute atomic E-state index is 13.3. The molecule has 144 valence electrons. The minimum atomic E-state index is -4.33. The normalized spacial score (nSPS) is 29.1. The van der Waals surface area contributed by atoms with Crippen LogP contribution in [-0.2, 0) is 11.0 Å². The number of rotatable bonds is 2. The maximum Gasteiger partial charge on any atom is 0.416 e. The van der Waals surface area contributed by atoms with Gasteiger partial charge in [0, 0.05) is 13.1 Å². The molecule has 1 unspecified atom stereocenters. The minimum absolute atomic E-state index is 0.104. The molecule has 2 heterocycles. The van der Waals surface area contributed by atoms with Gasteiger partial charge in [-0.3, -0.25) is 4.79 Å². The van der Waals surface area contributed by atoms with Gasteiger partial charge >= 0.3 is 6.18 Å². The van der Waals surface area contributed by atoms with Gasteiger partial charge in [-0.1, -0.05) is 23.3 Å². The number of amides is 1. The molecule has 0 radical (unpaired) electrons. The second-order valence-corrected chi connectivity index (χ2v) is 8.13. The molecule has 4 rings (SSSR count). The lowest BCUT2D eigenvalue weighted by Crippen LogP contribution is -2.35. The van der Waals surface area contributed by atoms with Gasteiger partial charge in [0.2, 0.25) is 6.34 Å². The van der Waals surface area contributed by atoms with Crippen LogP contribution in [0.4, 0.5) is 13.2 Å². The molecular formula is C19H22F3N4O+. The summed E-state index contributed by atoms with van der Waals surface area (Å²) in [5, 5.41) is 4.28. The van der Waals surface area contributed by atoms with Gasteiger partial charge in [-0.15, -0.1) is 0 Å². The molecule has 3 atom stereocenters. The average Bonchev–Trinajstić information content (AvgIpc) is 3.25. The van der Waals surface area contributed by atoms with Crippen molar-refractivity contribution in [2.75, 3.05) is 27.2 Å². The zero-order valence-electron chi connectivity index (χ0n) is 15.3. The summed E-state index contributed by atoms with van der Waals surface area (Å²) in [6, 6.07) is 5.87. The fourth-order valence-corrected chi connectivity index (χ4v) is 4.56. The first kappa shape index (κ1) is 18.2. The Bertz CT molecular complexity index is 816. The monoisotopic (exact) mass is 379 g/mol. The molecule has 0 N–H and O–H groups in total. The molecule has 1 saturated heterocycles. The highest BCUT2D eigenvalue weighted by Gasteiger charge is 2.46. The Hall–Kier alpha value is -2.22. The van der Waals surface area contributed by atoms with Crippen LogP contribution in [0.1, 0.15) is 29.9 Å². The largest absolute Gasteiger partial charge is 0.416 e. The van der Waals surface area contributed by atoms with Crippen molar-refractivity contribution in [2.24, 2.45) is 21.9 Å². The Balaban J connectivity index is 1.45. The molecular weight excluding hydrogens is 357 g/mol. The van der Waals surface area contributed by atoms with Gasteiger partial charge in [-0.05, 0) is 42.2 Å². The van der Waals surface area contributed by atoms with E-state index >= 15 is 0 Å². The fraction of sp³-hybridized carbons (Fsp3) is 0.526. The number of hydrogen-bond acceptors (Lipinski definition) is 3. The van der Waals surface area contributed by atoms with Gasteiger partial charge in [0.1, 0.15) is 0 Å². The summed E-state index contributed by atoms with van der Waals surface area (Å²) in [4.78, 5) is 18.5. The number of aliphatic imine (C=N–C) groups is 1. The molecule has 3 aliphatic rings. The lowest BCUT2D eigenvalue weighted by atomic mass is 9.91. The molecule has 0 aromatic heterocycles. The van der Waals surface area contributed by atoms with Gasteiger partial charge in [0.15, 0.2) is 0 Å². The highest BCUT2D eigenvalue weighted by molar-refractivity contribution is 6.39. The van der Waals surface area contributed by atoms with Crippen LogP contribution < -0.4 is 0 Å². The van der Waals surface area contributed by atoms with Crippen molar-refractivity contribution in [3.63, 3.8) is 0 Å². The van der Waals surface area contributed by atoms with Crippen LogP contribution in [0.5, 0.6) is 0 Å². The van der Waals surface area contributed by atoms with Gasteiger partial charge in [-0.25, -0.2) is 0 Å². The molecule has 0 spiro atoms. The van der Waals surface area contributed by atoms with Crippen molar-refractivity contribution in [3.8, 4) is 0 Å². The van der Waals surface area contributed by atoms with Crippen LogP contribution in [0, 0.1) is 11.8 Å². The standard InChI is InChI=1S/C19H22F3N4O/c1-26(2)11-23-17(24-26)18(27)25-9-13-7-12(8-14(13)10-25)15-5-3-4-6-16(15)19(20,21)22/h3-6,11-14H,7-10H2,1-2H3/q+1/t12?,13-,14+. The van der Waals surface area contributed by atoms with E-state index in [0.29, 0.717) is 31.5 Å². The molecule has 1 aromatic carbocycles. The topological polar surface area (TPSA) is 45.0 Å². The molecule has 1 aliphatic carbocycles. The Morgan fingerprint density at radius 2 is 1.78 bits per heavy atom. The second kappa shape index (κ2) is 6.15. The second-order valence-electron chi connectivity index (χ2n) is 8.13. The van der Waals surface area contributed by atoms with Gasteiger partial charge in [-0.2, -0.15) is 22.8 Å². The number of amidine groups is 1. The van der Waals surface area contributed by atoms with E-state index in [0.717, 1.165) is 6.07 Å². The molecule has 5 nitrogen and oxygen atoms in total. The third-order valence-corrected chi connectivity index (χ3v) is 5.75. The van der Waals surface area contributed by atoms with Crippen molar-refractivity contribution >= 4 is 18.1 Å². The van der Waals surface area contributed by atoms with Crippen LogP contribution in [0.25, 0.3) is 0 Å². The predicted octanol–water partition coefficient (Wildman–Crippen LogP) is 3.09. The summed E-state index contributed by atoms with van der Waals surface area (Å²) >= 11 is 0. The molecule has 2 fully saturated rings. The average molecular weight is 379 g/mol. The lowest BCUT2D eigenvalue weighted by Gasteiger charge is -2.21. The molecule has 8 heteroatoms. The fourth-order valence-electron chi connectivity index (χ4n) is 4.56. The minimum Gasteiger partial charge on any atom is -0.335 e. The molecule has 1 saturated carbocycles. The van der Waals surface area contributed by atoms with E-state index in [-0.39, 0.29) is 34.1 Å². The van der Waals surface area contributed by atoms with E-state index in [9.17, 15) is 18.0 Å². The number of carbonyl (C=O) groups is 1. The molecule has 1 aromatic rings. The predicted molar refractivity (Wildman–Crippen MR) is 95.0 cm³/mol. The Labute approximate surface area is 155 Å².